The molecule has 0 heterocycles. The van der Waals surface area contributed by atoms with Crippen molar-refractivity contribution in [3.8, 4) is 0 Å². The number of fused-ring (bicyclic) bond motifs is 2. The van der Waals surface area contributed by atoms with Crippen LogP contribution in [-0.4, -0.2) is 48.3 Å². The molecule has 2 bridgehead atoms. The zero-order valence-corrected chi connectivity index (χ0v) is 17.0. The van der Waals surface area contributed by atoms with E-state index in [1.807, 2.05) is 6.92 Å². The van der Waals surface area contributed by atoms with E-state index >= 15 is 0 Å². The highest BCUT2D eigenvalue weighted by Gasteiger charge is 2.45. The van der Waals surface area contributed by atoms with Gasteiger partial charge in [0, 0.05) is 0 Å². The maximum Gasteiger partial charge on any atom is 0.308 e. The predicted molar refractivity (Wildman–Crippen MR) is 100 cm³/mol. The van der Waals surface area contributed by atoms with Crippen LogP contribution in [0.2, 0.25) is 0 Å². The molecule has 0 saturated heterocycles. The summed E-state index contributed by atoms with van der Waals surface area (Å²) < 4.78 is 41.2. The molecule has 156 valence electrons. The molecule has 2 aliphatic rings. The zero-order valence-electron chi connectivity index (χ0n) is 16.2. The molecule has 0 aliphatic heterocycles. The van der Waals surface area contributed by atoms with Crippen LogP contribution in [0.15, 0.2) is 12.2 Å². The first-order chi connectivity index (χ1) is 12.5. The number of esters is 1. The van der Waals surface area contributed by atoms with Crippen LogP contribution in [0.25, 0.3) is 0 Å². The third kappa shape index (κ3) is 6.85. The van der Waals surface area contributed by atoms with E-state index < -0.39 is 40.3 Å². The van der Waals surface area contributed by atoms with E-state index in [1.165, 1.54) is 25.7 Å². The molecule has 7 nitrogen and oxygen atoms in total. The van der Waals surface area contributed by atoms with Crippen LogP contribution in [0.4, 0.5) is 0 Å². The molecule has 4 atom stereocenters. The van der Waals surface area contributed by atoms with Crippen molar-refractivity contribution in [3.05, 3.63) is 12.2 Å². The summed E-state index contributed by atoms with van der Waals surface area (Å²) in [4.78, 5) is 12.3. The molecule has 2 saturated carbocycles. The fourth-order valence-electron chi connectivity index (χ4n) is 4.47. The second-order valence-electron chi connectivity index (χ2n) is 8.38. The first-order valence-corrected chi connectivity index (χ1v) is 11.2. The third-order valence-electron chi connectivity index (χ3n) is 5.89. The number of rotatable bonds is 9. The second kappa shape index (κ2) is 9.03. The lowest BCUT2D eigenvalue weighted by molar-refractivity contribution is -0.200. The average Bonchev–Trinajstić information content (AvgIpc) is 2.52. The monoisotopic (exact) mass is 404 g/mol. The summed E-state index contributed by atoms with van der Waals surface area (Å²) in [5.74, 6) is 0.0829. The highest BCUT2D eigenvalue weighted by molar-refractivity contribution is 7.85. The maximum atomic E-state index is 12.3. The van der Waals surface area contributed by atoms with Crippen molar-refractivity contribution >= 4 is 16.1 Å². The molecule has 8 heteroatoms. The fraction of sp³-hybridized carbons (Fsp3) is 0.842. The van der Waals surface area contributed by atoms with Crippen molar-refractivity contribution in [2.45, 2.75) is 70.7 Å². The van der Waals surface area contributed by atoms with Gasteiger partial charge in [0.25, 0.3) is 10.1 Å². The lowest BCUT2D eigenvalue weighted by Crippen LogP contribution is -2.47. The Morgan fingerprint density at radius 2 is 1.85 bits per heavy atom. The van der Waals surface area contributed by atoms with Gasteiger partial charge in [-0.15, -0.1) is 0 Å². The minimum atomic E-state index is -4.18. The van der Waals surface area contributed by atoms with E-state index in [-0.39, 0.29) is 12.3 Å². The Labute approximate surface area is 161 Å². The topological polar surface area (TPSA) is 110 Å². The molecule has 0 aromatic rings. The molecule has 0 aromatic heterocycles. The number of aliphatic hydroxyl groups is 1. The van der Waals surface area contributed by atoms with E-state index in [9.17, 15) is 18.3 Å². The van der Waals surface area contributed by atoms with Gasteiger partial charge in [0.2, 0.25) is 0 Å². The number of hydrogen-bond acceptors (Lipinski definition) is 6. The van der Waals surface area contributed by atoms with Crippen molar-refractivity contribution in [1.29, 1.82) is 0 Å². The average molecular weight is 405 g/mol. The molecule has 2 N–H and O–H groups in total. The van der Waals surface area contributed by atoms with Crippen LogP contribution in [0, 0.1) is 17.8 Å². The summed E-state index contributed by atoms with van der Waals surface area (Å²) in [6, 6.07) is 0. The van der Waals surface area contributed by atoms with Gasteiger partial charge >= 0.3 is 5.97 Å². The number of hydrogen-bond donors (Lipinski definition) is 2. The lowest BCUT2D eigenvalue weighted by Gasteiger charge is -2.47. The van der Waals surface area contributed by atoms with Gasteiger partial charge in [0.15, 0.2) is 6.29 Å². The van der Waals surface area contributed by atoms with E-state index in [0.717, 1.165) is 12.8 Å². The van der Waals surface area contributed by atoms with Crippen LogP contribution in [0.5, 0.6) is 0 Å². The normalized spacial score (nSPS) is 28.8. The molecule has 4 unspecified atom stereocenters. The van der Waals surface area contributed by atoms with Crippen molar-refractivity contribution < 1.29 is 32.3 Å². The van der Waals surface area contributed by atoms with E-state index in [0.29, 0.717) is 17.4 Å². The Hall–Kier alpha value is -0.960. The Morgan fingerprint density at radius 3 is 2.37 bits per heavy atom. The summed E-state index contributed by atoms with van der Waals surface area (Å²) in [5.41, 5.74) is -0.473. The Kier molecular flexibility index (Phi) is 7.47. The van der Waals surface area contributed by atoms with Gasteiger partial charge in [0.05, 0.1) is 12.0 Å². The molecular formula is C19H32O7S. The molecular weight excluding hydrogens is 372 g/mol. The van der Waals surface area contributed by atoms with Crippen molar-refractivity contribution in [1.82, 2.24) is 0 Å². The highest BCUT2D eigenvalue weighted by atomic mass is 32.2. The zero-order chi connectivity index (χ0) is 20.2. The Morgan fingerprint density at radius 1 is 1.26 bits per heavy atom. The first kappa shape index (κ1) is 22.3. The van der Waals surface area contributed by atoms with Crippen molar-refractivity contribution in [3.63, 3.8) is 0 Å². The number of aliphatic hydroxyl groups excluding tert-OH is 1. The fourth-order valence-corrected chi connectivity index (χ4v) is 4.76. The summed E-state index contributed by atoms with van der Waals surface area (Å²) in [5, 5.41) is 10.2. The maximum absolute atomic E-state index is 12.3. The SMILES string of the molecule is C=C(C)C(O)OC(C)(CC(=O)OCCS(=O)(=O)O)C1CC2CCCC(C2)C1. The quantitative estimate of drug-likeness (QED) is 0.263. The van der Waals surface area contributed by atoms with E-state index in [4.69, 9.17) is 14.0 Å². The van der Waals surface area contributed by atoms with Crippen molar-refractivity contribution in [2.24, 2.45) is 17.8 Å². The molecule has 0 amide bonds. The summed E-state index contributed by atoms with van der Waals surface area (Å²) >= 11 is 0. The second-order valence-corrected chi connectivity index (χ2v) is 9.95. The molecule has 0 aromatic carbocycles. The Balaban J connectivity index is 2.07. The van der Waals surface area contributed by atoms with Gasteiger partial charge in [-0.1, -0.05) is 25.8 Å². The molecule has 2 aliphatic carbocycles. The van der Waals surface area contributed by atoms with E-state index in [1.54, 1.807) is 6.92 Å². The summed E-state index contributed by atoms with van der Waals surface area (Å²) in [6.45, 7) is 6.77. The lowest BCUT2D eigenvalue weighted by atomic mass is 9.63. The Bertz CT molecular complexity index is 632. The van der Waals surface area contributed by atoms with Crippen LogP contribution in [0.1, 0.15) is 58.8 Å². The minimum absolute atomic E-state index is 0.0904. The number of ether oxygens (including phenoxy) is 2. The van der Waals surface area contributed by atoms with Gasteiger partial charge in [-0.25, -0.2) is 0 Å². The molecule has 27 heavy (non-hydrogen) atoms. The van der Waals surface area contributed by atoms with Crippen LogP contribution >= 0.6 is 0 Å². The molecule has 0 spiro atoms. The number of carbonyl (C=O) groups is 1. The summed E-state index contributed by atoms with van der Waals surface area (Å²) in [6.07, 6.45) is 5.44. The van der Waals surface area contributed by atoms with Gasteiger partial charge in [0.1, 0.15) is 12.4 Å². The van der Waals surface area contributed by atoms with Crippen LogP contribution in [0.3, 0.4) is 0 Å². The van der Waals surface area contributed by atoms with Crippen molar-refractivity contribution in [2.75, 3.05) is 12.4 Å². The van der Waals surface area contributed by atoms with E-state index in [2.05, 4.69) is 6.58 Å². The molecule has 0 radical (unpaired) electrons. The van der Waals surface area contributed by atoms with Gasteiger partial charge < -0.3 is 14.6 Å². The van der Waals surface area contributed by atoms with Gasteiger partial charge in [-0.2, -0.15) is 8.42 Å². The van der Waals surface area contributed by atoms with Gasteiger partial charge in [-0.05, 0) is 56.4 Å². The first-order valence-electron chi connectivity index (χ1n) is 9.60. The summed E-state index contributed by atoms with van der Waals surface area (Å²) in [7, 11) is -4.18. The molecule has 2 fully saturated rings. The van der Waals surface area contributed by atoms with Crippen LogP contribution in [-0.2, 0) is 24.4 Å². The predicted octanol–water partition coefficient (Wildman–Crippen LogP) is 2.69. The molecule has 2 rings (SSSR count). The number of carbonyl (C=O) groups excluding carboxylic acids is 1. The largest absolute Gasteiger partial charge is 0.464 e. The minimum Gasteiger partial charge on any atom is -0.464 e. The third-order valence-corrected chi connectivity index (χ3v) is 6.58. The highest BCUT2D eigenvalue weighted by Crippen LogP contribution is 2.48. The smallest absolute Gasteiger partial charge is 0.308 e. The standard InChI is InChI=1S/C19H32O7S/c1-13(2)18(21)26-19(3,12-17(20)25-7-8-27(22,23)24)16-10-14-5-4-6-15(9-14)11-16/h14-16,18,21H,1,4-12H2,2-3H3,(H,22,23,24). The van der Waals surface area contributed by atoms with Gasteiger partial charge in [-0.3, -0.25) is 9.35 Å². The van der Waals surface area contributed by atoms with Crippen LogP contribution < -0.4 is 0 Å².